The number of fused-ring (bicyclic) bond motifs is 6. The van der Waals surface area contributed by atoms with Crippen molar-refractivity contribution in [2.24, 2.45) is 0 Å². The Morgan fingerprint density at radius 3 is 1.46 bits per heavy atom. The van der Waals surface area contributed by atoms with Gasteiger partial charge in [-0.2, -0.15) is 0 Å². The van der Waals surface area contributed by atoms with Gasteiger partial charge < -0.3 is 4.42 Å². The van der Waals surface area contributed by atoms with Gasteiger partial charge in [0.25, 0.3) is 0 Å². The van der Waals surface area contributed by atoms with Gasteiger partial charge in [-0.15, -0.1) is 11.3 Å². The molecule has 0 amide bonds. The standard InChI is InChI=1S/C51H31N3OS/c1-4-14-32(15-5-1)33-26-28-34(29-27-33)37-30-31-41(48-45(37)42-20-10-11-25-44(42)56-48)40-23-12-21-38-39-22-13-24-43(47(39)55-46(38)40)51-53-49(35-16-6-2-7-17-35)52-50(54-51)36-18-8-3-9-19-36/h1-31H. The first-order valence-corrected chi connectivity index (χ1v) is 19.5. The van der Waals surface area contributed by atoms with Gasteiger partial charge in [-0.25, -0.2) is 15.0 Å². The Morgan fingerprint density at radius 1 is 0.321 bits per heavy atom. The van der Waals surface area contributed by atoms with Crippen LogP contribution in [0.3, 0.4) is 0 Å². The zero-order chi connectivity index (χ0) is 37.0. The minimum absolute atomic E-state index is 0.568. The van der Waals surface area contributed by atoms with Gasteiger partial charge in [-0.05, 0) is 34.4 Å². The van der Waals surface area contributed by atoms with Crippen LogP contribution in [-0.2, 0) is 0 Å². The van der Waals surface area contributed by atoms with E-state index in [9.17, 15) is 0 Å². The average molecular weight is 734 g/mol. The van der Waals surface area contributed by atoms with E-state index in [0.29, 0.717) is 17.5 Å². The SMILES string of the molecule is c1ccc(-c2ccc(-c3ccc(-c4cccc5c4oc4c(-c6nc(-c7ccccc7)nc(-c7ccccc7)n6)cccc45)c4sc5ccccc5c34)cc2)cc1. The fourth-order valence-corrected chi connectivity index (χ4v) is 9.15. The third-order valence-corrected chi connectivity index (χ3v) is 11.8. The Balaban J connectivity index is 1.10. The van der Waals surface area contributed by atoms with Crippen LogP contribution in [0.1, 0.15) is 0 Å². The predicted molar refractivity (Wildman–Crippen MR) is 233 cm³/mol. The number of thiophene rings is 1. The molecule has 0 aliphatic carbocycles. The maximum Gasteiger partial charge on any atom is 0.167 e. The maximum absolute atomic E-state index is 7.01. The summed E-state index contributed by atoms with van der Waals surface area (Å²) in [5.41, 5.74) is 11.3. The quantitative estimate of drug-likeness (QED) is 0.171. The van der Waals surface area contributed by atoms with Crippen molar-refractivity contribution in [1.82, 2.24) is 15.0 Å². The highest BCUT2D eigenvalue weighted by molar-refractivity contribution is 7.26. The molecule has 3 aromatic heterocycles. The number of aromatic nitrogens is 3. The number of furan rings is 1. The van der Waals surface area contributed by atoms with Gasteiger partial charge in [-0.1, -0.05) is 176 Å². The van der Waals surface area contributed by atoms with E-state index in [2.05, 4.69) is 121 Å². The molecule has 5 heteroatoms. The molecular formula is C51H31N3OS. The summed E-state index contributed by atoms with van der Waals surface area (Å²) in [6.07, 6.45) is 0. The molecule has 0 aliphatic heterocycles. The van der Waals surface area contributed by atoms with Crippen molar-refractivity contribution < 1.29 is 4.42 Å². The number of rotatable bonds is 6. The van der Waals surface area contributed by atoms with Crippen molar-refractivity contribution >= 4 is 53.4 Å². The lowest BCUT2D eigenvalue weighted by Gasteiger charge is -2.11. The fourth-order valence-electron chi connectivity index (χ4n) is 7.89. The molecule has 0 fully saturated rings. The zero-order valence-electron chi connectivity index (χ0n) is 30.1. The van der Waals surface area contributed by atoms with Gasteiger partial charge in [0, 0.05) is 53.2 Å². The van der Waals surface area contributed by atoms with Crippen LogP contribution in [0, 0.1) is 0 Å². The second-order valence-corrected chi connectivity index (χ2v) is 15.0. The second-order valence-electron chi connectivity index (χ2n) is 13.9. The third kappa shape index (κ3) is 5.40. The monoisotopic (exact) mass is 733 g/mol. The van der Waals surface area contributed by atoms with Crippen molar-refractivity contribution in [3.63, 3.8) is 0 Å². The highest BCUT2D eigenvalue weighted by Gasteiger charge is 2.22. The summed E-state index contributed by atoms with van der Waals surface area (Å²) in [7, 11) is 0. The summed E-state index contributed by atoms with van der Waals surface area (Å²) in [5.74, 6) is 1.80. The van der Waals surface area contributed by atoms with Crippen molar-refractivity contribution in [2.45, 2.75) is 0 Å². The van der Waals surface area contributed by atoms with E-state index < -0.39 is 0 Å². The van der Waals surface area contributed by atoms with E-state index in [1.54, 1.807) is 0 Å². The molecule has 0 atom stereocenters. The van der Waals surface area contributed by atoms with Crippen LogP contribution < -0.4 is 0 Å². The second kappa shape index (κ2) is 13.3. The number of nitrogens with zero attached hydrogens (tertiary/aromatic N) is 3. The Hall–Kier alpha value is -7.21. The van der Waals surface area contributed by atoms with Crippen LogP contribution >= 0.6 is 11.3 Å². The molecule has 0 saturated heterocycles. The van der Waals surface area contributed by atoms with Gasteiger partial charge in [0.15, 0.2) is 17.5 Å². The van der Waals surface area contributed by atoms with Crippen molar-refractivity contribution in [2.75, 3.05) is 0 Å². The minimum atomic E-state index is 0.568. The van der Waals surface area contributed by atoms with Crippen LogP contribution in [-0.4, -0.2) is 15.0 Å². The molecule has 3 heterocycles. The van der Waals surface area contributed by atoms with E-state index in [1.807, 2.05) is 78.1 Å². The molecule has 0 saturated carbocycles. The Morgan fingerprint density at radius 2 is 0.804 bits per heavy atom. The minimum Gasteiger partial charge on any atom is -0.455 e. The Kier molecular flexibility index (Phi) is 7.64. The summed E-state index contributed by atoms with van der Waals surface area (Å²) in [6, 6.07) is 65.6. The fraction of sp³-hybridized carbons (Fsp3) is 0. The normalized spacial score (nSPS) is 11.6. The van der Waals surface area contributed by atoms with Crippen molar-refractivity contribution in [1.29, 1.82) is 0 Å². The number of hydrogen-bond acceptors (Lipinski definition) is 5. The van der Waals surface area contributed by atoms with E-state index in [0.717, 1.165) is 49.8 Å². The Labute approximate surface area is 327 Å². The maximum atomic E-state index is 7.01. The molecule has 0 spiro atoms. The first kappa shape index (κ1) is 32.2. The molecule has 56 heavy (non-hydrogen) atoms. The zero-order valence-corrected chi connectivity index (χ0v) is 30.9. The number of benzene rings is 8. The van der Waals surface area contributed by atoms with E-state index in [-0.39, 0.29) is 0 Å². The van der Waals surface area contributed by atoms with Gasteiger partial charge in [0.05, 0.1) is 5.56 Å². The van der Waals surface area contributed by atoms with E-state index in [1.165, 1.54) is 42.4 Å². The van der Waals surface area contributed by atoms with E-state index in [4.69, 9.17) is 19.4 Å². The topological polar surface area (TPSA) is 51.8 Å². The molecule has 0 bridgehead atoms. The number of hydrogen-bond donors (Lipinski definition) is 0. The molecular weight excluding hydrogens is 703 g/mol. The average Bonchev–Trinajstić information content (AvgIpc) is 3.87. The van der Waals surface area contributed by atoms with E-state index >= 15 is 0 Å². The predicted octanol–water partition coefficient (Wildman–Crippen LogP) is 14.1. The lowest BCUT2D eigenvalue weighted by atomic mass is 9.93. The summed E-state index contributed by atoms with van der Waals surface area (Å²) >= 11 is 1.84. The van der Waals surface area contributed by atoms with Crippen LogP contribution in [0.4, 0.5) is 0 Å². The van der Waals surface area contributed by atoms with Crippen molar-refractivity contribution in [3.05, 3.63) is 188 Å². The number of para-hydroxylation sites is 2. The Bertz CT molecular complexity index is 3170. The largest absolute Gasteiger partial charge is 0.455 e. The summed E-state index contributed by atoms with van der Waals surface area (Å²) in [5, 5.41) is 4.59. The van der Waals surface area contributed by atoms with Crippen molar-refractivity contribution in [3.8, 4) is 67.5 Å². The molecule has 262 valence electrons. The van der Waals surface area contributed by atoms with Gasteiger partial charge in [0.1, 0.15) is 11.2 Å². The summed E-state index contributed by atoms with van der Waals surface area (Å²) < 4.78 is 9.51. The molecule has 4 nitrogen and oxygen atoms in total. The van der Waals surface area contributed by atoms with Crippen LogP contribution in [0.2, 0.25) is 0 Å². The molecule has 11 aromatic rings. The third-order valence-electron chi connectivity index (χ3n) is 10.6. The first-order chi connectivity index (χ1) is 27.8. The molecule has 0 radical (unpaired) electrons. The molecule has 11 rings (SSSR count). The smallest absolute Gasteiger partial charge is 0.167 e. The molecule has 0 unspecified atom stereocenters. The summed E-state index contributed by atoms with van der Waals surface area (Å²) in [4.78, 5) is 15.0. The summed E-state index contributed by atoms with van der Waals surface area (Å²) in [6.45, 7) is 0. The van der Waals surface area contributed by atoms with Gasteiger partial charge >= 0.3 is 0 Å². The molecule has 8 aromatic carbocycles. The highest BCUT2D eigenvalue weighted by Crippen LogP contribution is 2.47. The van der Waals surface area contributed by atoms with Crippen LogP contribution in [0.25, 0.3) is 110 Å². The molecule has 0 N–H and O–H groups in total. The lowest BCUT2D eigenvalue weighted by molar-refractivity contribution is 0.670. The lowest BCUT2D eigenvalue weighted by Crippen LogP contribution is -2.00. The first-order valence-electron chi connectivity index (χ1n) is 18.7. The van der Waals surface area contributed by atoms with Gasteiger partial charge in [0.2, 0.25) is 0 Å². The molecule has 0 aliphatic rings. The van der Waals surface area contributed by atoms with Crippen LogP contribution in [0.5, 0.6) is 0 Å². The van der Waals surface area contributed by atoms with Gasteiger partial charge in [-0.3, -0.25) is 0 Å². The van der Waals surface area contributed by atoms with Crippen LogP contribution in [0.15, 0.2) is 192 Å². The highest BCUT2D eigenvalue weighted by atomic mass is 32.1.